The molecule has 2 atom stereocenters. The van der Waals surface area contributed by atoms with Crippen molar-refractivity contribution >= 4 is 22.8 Å². The van der Waals surface area contributed by atoms with Gasteiger partial charge in [-0.15, -0.1) is 0 Å². The zero-order valence-electron chi connectivity index (χ0n) is 14.3. The molecule has 1 aliphatic rings. The second kappa shape index (κ2) is 6.29. The summed E-state index contributed by atoms with van der Waals surface area (Å²) in [4.78, 5) is 26.5. The quantitative estimate of drug-likeness (QED) is 0.761. The number of fused-ring (bicyclic) bond motifs is 1. The van der Waals surface area contributed by atoms with E-state index in [4.69, 9.17) is 0 Å². The number of aryl methyl sites for hydroxylation is 1. The topological polar surface area (TPSA) is 86.3 Å². The number of benzene rings is 2. The number of likely N-dealkylation sites (tertiary alicyclic amines) is 1. The second-order valence-corrected chi connectivity index (χ2v) is 6.82. The van der Waals surface area contributed by atoms with Crippen LogP contribution in [-0.2, 0) is 4.79 Å². The Balaban J connectivity index is 1.68. The van der Waals surface area contributed by atoms with Gasteiger partial charge in [-0.25, -0.2) is 0 Å². The van der Waals surface area contributed by atoms with Crippen LogP contribution in [0, 0.1) is 12.8 Å². The molecular weight excluding hydrogens is 330 g/mol. The van der Waals surface area contributed by atoms with Crippen molar-refractivity contribution in [2.75, 3.05) is 13.1 Å². The third-order valence-corrected chi connectivity index (χ3v) is 5.08. The molecule has 2 heterocycles. The fourth-order valence-electron chi connectivity index (χ4n) is 3.80. The number of hydrogen-bond acceptors (Lipinski definition) is 3. The lowest BCUT2D eigenvalue weighted by Crippen LogP contribution is -2.30. The lowest BCUT2D eigenvalue weighted by molar-refractivity contribution is -0.141. The van der Waals surface area contributed by atoms with Gasteiger partial charge in [-0.2, -0.15) is 5.10 Å². The molecule has 0 unspecified atom stereocenters. The van der Waals surface area contributed by atoms with Crippen molar-refractivity contribution in [2.45, 2.75) is 12.8 Å². The van der Waals surface area contributed by atoms with Crippen molar-refractivity contribution in [1.29, 1.82) is 0 Å². The van der Waals surface area contributed by atoms with Crippen LogP contribution in [0.3, 0.4) is 0 Å². The number of rotatable bonds is 3. The van der Waals surface area contributed by atoms with E-state index in [1.54, 1.807) is 11.1 Å². The summed E-state index contributed by atoms with van der Waals surface area (Å²) >= 11 is 0. The average molecular weight is 349 g/mol. The Labute approximate surface area is 150 Å². The molecule has 1 aliphatic heterocycles. The molecule has 0 aliphatic carbocycles. The van der Waals surface area contributed by atoms with Crippen LogP contribution in [0.4, 0.5) is 0 Å². The Kier molecular flexibility index (Phi) is 3.95. The van der Waals surface area contributed by atoms with Crippen molar-refractivity contribution in [3.8, 4) is 0 Å². The number of carbonyl (C=O) groups excluding carboxylic acids is 1. The van der Waals surface area contributed by atoms with Gasteiger partial charge in [-0.3, -0.25) is 14.7 Å². The van der Waals surface area contributed by atoms with Crippen molar-refractivity contribution in [3.05, 3.63) is 65.4 Å². The Hall–Kier alpha value is -3.15. The van der Waals surface area contributed by atoms with Crippen molar-refractivity contribution < 1.29 is 14.7 Å². The van der Waals surface area contributed by atoms with Gasteiger partial charge in [0.05, 0.1) is 23.2 Å². The van der Waals surface area contributed by atoms with Crippen LogP contribution in [0.25, 0.3) is 10.9 Å². The van der Waals surface area contributed by atoms with Gasteiger partial charge in [0, 0.05) is 24.4 Å². The number of nitrogens with zero attached hydrogens (tertiary/aromatic N) is 2. The number of H-pyrrole nitrogens is 1. The minimum atomic E-state index is -0.870. The number of carboxylic acid groups (broad SMARTS) is 1. The van der Waals surface area contributed by atoms with Gasteiger partial charge >= 0.3 is 5.97 Å². The van der Waals surface area contributed by atoms with Gasteiger partial charge in [0.2, 0.25) is 0 Å². The van der Waals surface area contributed by atoms with E-state index >= 15 is 0 Å². The molecule has 1 aromatic heterocycles. The van der Waals surface area contributed by atoms with E-state index in [-0.39, 0.29) is 18.4 Å². The van der Waals surface area contributed by atoms with E-state index < -0.39 is 11.9 Å². The van der Waals surface area contributed by atoms with E-state index in [1.807, 2.05) is 49.4 Å². The highest BCUT2D eigenvalue weighted by Gasteiger charge is 2.40. The number of amides is 1. The molecule has 2 aromatic carbocycles. The predicted octanol–water partition coefficient (Wildman–Crippen LogP) is 2.81. The summed E-state index contributed by atoms with van der Waals surface area (Å²) in [6, 6.07) is 13.3. The fraction of sp³-hybridized carbons (Fsp3) is 0.250. The monoisotopic (exact) mass is 349 g/mol. The third-order valence-electron chi connectivity index (χ3n) is 5.08. The molecular formula is C20H19N3O3. The van der Waals surface area contributed by atoms with Crippen LogP contribution in [0.5, 0.6) is 0 Å². The maximum absolute atomic E-state index is 13.1. The second-order valence-electron chi connectivity index (χ2n) is 6.82. The van der Waals surface area contributed by atoms with E-state index in [9.17, 15) is 14.7 Å². The Morgan fingerprint density at radius 2 is 1.96 bits per heavy atom. The Bertz CT molecular complexity index is 980. The predicted molar refractivity (Wildman–Crippen MR) is 97.0 cm³/mol. The minimum absolute atomic E-state index is 0.160. The first-order chi connectivity index (χ1) is 12.5. The molecule has 0 bridgehead atoms. The molecule has 1 amide bonds. The average Bonchev–Trinajstić information content (AvgIpc) is 3.28. The molecule has 0 radical (unpaired) electrons. The van der Waals surface area contributed by atoms with Gasteiger partial charge in [-0.05, 0) is 30.2 Å². The largest absolute Gasteiger partial charge is 0.481 e. The van der Waals surface area contributed by atoms with Crippen molar-refractivity contribution in [3.63, 3.8) is 0 Å². The standard InChI is InChI=1S/C20H19N3O3/c1-12-7-14-9-21-22-18(14)15(8-12)19(24)23-10-16(17(11-23)20(25)26)13-5-3-2-4-6-13/h2-9,16-17H,10-11H2,1H3,(H,21,22)(H,25,26)/t16-,17-/m0/s1. The van der Waals surface area contributed by atoms with E-state index in [0.29, 0.717) is 17.6 Å². The Morgan fingerprint density at radius 3 is 2.69 bits per heavy atom. The molecule has 0 spiro atoms. The highest BCUT2D eigenvalue weighted by molar-refractivity contribution is 6.06. The maximum atomic E-state index is 13.1. The van der Waals surface area contributed by atoms with E-state index in [0.717, 1.165) is 16.5 Å². The summed E-state index contributed by atoms with van der Waals surface area (Å²) in [6.07, 6.45) is 1.69. The molecule has 26 heavy (non-hydrogen) atoms. The van der Waals surface area contributed by atoms with Crippen LogP contribution in [0.2, 0.25) is 0 Å². The van der Waals surface area contributed by atoms with Gasteiger partial charge in [0.15, 0.2) is 0 Å². The molecule has 4 rings (SSSR count). The number of hydrogen-bond donors (Lipinski definition) is 2. The fourth-order valence-corrected chi connectivity index (χ4v) is 3.80. The van der Waals surface area contributed by atoms with Gasteiger partial charge in [0.25, 0.3) is 5.91 Å². The maximum Gasteiger partial charge on any atom is 0.308 e. The molecule has 6 nitrogen and oxygen atoms in total. The van der Waals surface area contributed by atoms with Crippen LogP contribution >= 0.6 is 0 Å². The number of nitrogens with one attached hydrogen (secondary N) is 1. The zero-order valence-corrected chi connectivity index (χ0v) is 14.3. The Morgan fingerprint density at radius 1 is 1.19 bits per heavy atom. The number of aliphatic carboxylic acids is 1. The highest BCUT2D eigenvalue weighted by atomic mass is 16.4. The summed E-state index contributed by atoms with van der Waals surface area (Å²) in [5.41, 5.74) is 3.15. The molecule has 1 fully saturated rings. The van der Waals surface area contributed by atoms with E-state index in [1.165, 1.54) is 0 Å². The van der Waals surface area contributed by atoms with Crippen LogP contribution in [0.1, 0.15) is 27.4 Å². The first kappa shape index (κ1) is 16.3. The summed E-state index contributed by atoms with van der Waals surface area (Å²) in [5.74, 6) is -1.85. The normalized spacial score (nSPS) is 19.8. The van der Waals surface area contributed by atoms with Gasteiger partial charge < -0.3 is 10.0 Å². The van der Waals surface area contributed by atoms with Crippen molar-refractivity contribution in [1.82, 2.24) is 15.1 Å². The molecule has 0 saturated carbocycles. The molecule has 2 N–H and O–H groups in total. The van der Waals surface area contributed by atoms with Crippen molar-refractivity contribution in [2.24, 2.45) is 5.92 Å². The van der Waals surface area contributed by atoms with E-state index in [2.05, 4.69) is 10.2 Å². The lowest BCUT2D eigenvalue weighted by Gasteiger charge is -2.17. The summed E-state index contributed by atoms with van der Waals surface area (Å²) < 4.78 is 0. The number of carboxylic acids is 1. The van der Waals surface area contributed by atoms with Gasteiger partial charge in [0.1, 0.15) is 0 Å². The van der Waals surface area contributed by atoms with Crippen LogP contribution in [-0.4, -0.2) is 45.2 Å². The molecule has 132 valence electrons. The highest BCUT2D eigenvalue weighted by Crippen LogP contribution is 2.34. The number of aromatic amines is 1. The molecule has 6 heteroatoms. The summed E-state index contributed by atoms with van der Waals surface area (Å²) in [5, 5.41) is 17.4. The first-order valence-electron chi connectivity index (χ1n) is 8.55. The summed E-state index contributed by atoms with van der Waals surface area (Å²) in [7, 11) is 0. The summed E-state index contributed by atoms with van der Waals surface area (Å²) in [6.45, 7) is 2.53. The number of aromatic nitrogens is 2. The smallest absolute Gasteiger partial charge is 0.308 e. The SMILES string of the molecule is Cc1cc(C(=O)N2C[C@H](C(=O)O)[C@H](c3ccccc3)C2)c2[nH]ncc2c1. The lowest BCUT2D eigenvalue weighted by atomic mass is 9.89. The van der Waals surface area contributed by atoms with Crippen LogP contribution in [0.15, 0.2) is 48.7 Å². The minimum Gasteiger partial charge on any atom is -0.481 e. The van der Waals surface area contributed by atoms with Crippen LogP contribution < -0.4 is 0 Å². The van der Waals surface area contributed by atoms with Gasteiger partial charge in [-0.1, -0.05) is 30.3 Å². The molecule has 1 saturated heterocycles. The number of carbonyl (C=O) groups is 2. The molecule has 3 aromatic rings. The third kappa shape index (κ3) is 2.73. The zero-order chi connectivity index (χ0) is 18.3. The first-order valence-corrected chi connectivity index (χ1v) is 8.55.